The van der Waals surface area contributed by atoms with Gasteiger partial charge in [0.25, 0.3) is 5.91 Å². The molecule has 162 valence electrons. The van der Waals surface area contributed by atoms with Crippen molar-refractivity contribution in [1.82, 2.24) is 14.6 Å². The van der Waals surface area contributed by atoms with Crippen molar-refractivity contribution in [3.8, 4) is 0 Å². The van der Waals surface area contributed by atoms with Crippen LogP contribution in [0.15, 0.2) is 67.1 Å². The number of aromatic nitrogens is 3. The number of rotatable bonds is 4. The minimum absolute atomic E-state index is 0.0979. The molecule has 0 bridgehead atoms. The van der Waals surface area contributed by atoms with Crippen molar-refractivity contribution in [3.05, 3.63) is 89.4 Å². The normalized spacial score (nSPS) is 13.4. The van der Waals surface area contributed by atoms with Crippen LogP contribution >= 0.6 is 0 Å². The molecular formula is C23H18F3N5O. The van der Waals surface area contributed by atoms with Gasteiger partial charge in [0.15, 0.2) is 5.65 Å². The van der Waals surface area contributed by atoms with Gasteiger partial charge in [0.2, 0.25) is 0 Å². The molecule has 1 N–H and O–H groups in total. The summed E-state index contributed by atoms with van der Waals surface area (Å²) in [5.41, 5.74) is 3.47. The first-order chi connectivity index (χ1) is 15.4. The SMILES string of the molecule is O=C(Nc1cccc(C(F)(F)F)c1)c1ccc2c(c1)N(Cc1cnc3ccnn3c1)CC2. The zero-order chi connectivity index (χ0) is 22.3. The van der Waals surface area contributed by atoms with Gasteiger partial charge in [-0.3, -0.25) is 4.79 Å². The van der Waals surface area contributed by atoms with Crippen LogP contribution in [0, 0.1) is 0 Å². The minimum atomic E-state index is -4.47. The second kappa shape index (κ2) is 7.67. The van der Waals surface area contributed by atoms with E-state index in [4.69, 9.17) is 0 Å². The number of carbonyl (C=O) groups excluding carboxylic acids is 1. The van der Waals surface area contributed by atoms with Crippen molar-refractivity contribution >= 4 is 22.9 Å². The number of alkyl halides is 3. The Labute approximate surface area is 181 Å². The maximum atomic E-state index is 12.9. The van der Waals surface area contributed by atoms with Crippen LogP contribution in [0.1, 0.15) is 27.0 Å². The summed E-state index contributed by atoms with van der Waals surface area (Å²) in [4.78, 5) is 19.3. The van der Waals surface area contributed by atoms with Gasteiger partial charge in [0, 0.05) is 54.1 Å². The molecule has 1 aliphatic heterocycles. The molecule has 4 aromatic rings. The molecule has 0 aliphatic carbocycles. The highest BCUT2D eigenvalue weighted by Crippen LogP contribution is 2.32. The van der Waals surface area contributed by atoms with Crippen LogP contribution in [0.2, 0.25) is 0 Å². The van der Waals surface area contributed by atoms with Crippen molar-refractivity contribution in [1.29, 1.82) is 0 Å². The van der Waals surface area contributed by atoms with Crippen molar-refractivity contribution in [3.63, 3.8) is 0 Å². The van der Waals surface area contributed by atoms with E-state index in [9.17, 15) is 18.0 Å². The Kier molecular flexibility index (Phi) is 4.80. The lowest BCUT2D eigenvalue weighted by Crippen LogP contribution is -2.20. The molecule has 6 nitrogen and oxygen atoms in total. The van der Waals surface area contributed by atoms with E-state index >= 15 is 0 Å². The molecule has 0 unspecified atom stereocenters. The minimum Gasteiger partial charge on any atom is -0.367 e. The molecule has 2 aromatic carbocycles. The number of anilines is 2. The standard InChI is InChI=1S/C23H18F3N5O/c24-23(25,26)18-2-1-3-19(11-18)29-22(32)17-5-4-16-7-9-30(20(16)10-17)13-15-12-27-21-6-8-28-31(21)14-15/h1-6,8,10-12,14H,7,9,13H2,(H,29,32). The zero-order valence-corrected chi connectivity index (χ0v) is 16.8. The first kappa shape index (κ1) is 20.0. The van der Waals surface area contributed by atoms with Gasteiger partial charge in [-0.15, -0.1) is 0 Å². The number of hydrogen-bond donors (Lipinski definition) is 1. The van der Waals surface area contributed by atoms with E-state index in [1.807, 2.05) is 18.3 Å². The molecule has 32 heavy (non-hydrogen) atoms. The quantitative estimate of drug-likeness (QED) is 0.508. The molecule has 0 atom stereocenters. The number of halogens is 3. The Balaban J connectivity index is 1.35. The zero-order valence-electron chi connectivity index (χ0n) is 16.8. The summed E-state index contributed by atoms with van der Waals surface area (Å²) in [5.74, 6) is -0.460. The first-order valence-electron chi connectivity index (χ1n) is 10.0. The second-order valence-electron chi connectivity index (χ2n) is 7.64. The van der Waals surface area contributed by atoms with Gasteiger partial charge in [-0.1, -0.05) is 12.1 Å². The van der Waals surface area contributed by atoms with Crippen molar-refractivity contribution in [2.75, 3.05) is 16.8 Å². The molecule has 1 amide bonds. The van der Waals surface area contributed by atoms with E-state index in [-0.39, 0.29) is 5.69 Å². The maximum Gasteiger partial charge on any atom is 0.416 e. The van der Waals surface area contributed by atoms with E-state index < -0.39 is 17.6 Å². The van der Waals surface area contributed by atoms with Gasteiger partial charge in [-0.2, -0.15) is 18.3 Å². The number of benzene rings is 2. The topological polar surface area (TPSA) is 62.5 Å². The molecule has 1 aliphatic rings. The molecule has 3 heterocycles. The van der Waals surface area contributed by atoms with Crippen LogP contribution in [0.5, 0.6) is 0 Å². The predicted molar refractivity (Wildman–Crippen MR) is 114 cm³/mol. The van der Waals surface area contributed by atoms with E-state index in [1.54, 1.807) is 29.0 Å². The Morgan fingerprint density at radius 2 is 2.00 bits per heavy atom. The highest BCUT2D eigenvalue weighted by atomic mass is 19.4. The number of fused-ring (bicyclic) bond motifs is 2. The molecule has 0 spiro atoms. The highest BCUT2D eigenvalue weighted by molar-refractivity contribution is 6.05. The van der Waals surface area contributed by atoms with Gasteiger partial charge in [0.1, 0.15) is 0 Å². The largest absolute Gasteiger partial charge is 0.416 e. The number of nitrogens with one attached hydrogen (secondary N) is 1. The van der Waals surface area contributed by atoms with Crippen molar-refractivity contribution < 1.29 is 18.0 Å². The third-order valence-corrected chi connectivity index (χ3v) is 5.46. The summed E-state index contributed by atoms with van der Waals surface area (Å²) in [6.07, 6.45) is 1.79. The lowest BCUT2D eigenvalue weighted by atomic mass is 10.1. The van der Waals surface area contributed by atoms with E-state index in [1.165, 1.54) is 12.1 Å². The van der Waals surface area contributed by atoms with Crippen LogP contribution in [0.4, 0.5) is 24.5 Å². The average molecular weight is 437 g/mol. The Hall–Kier alpha value is -3.88. The fourth-order valence-electron chi connectivity index (χ4n) is 3.88. The van der Waals surface area contributed by atoms with Gasteiger partial charge in [-0.05, 0) is 42.3 Å². The summed E-state index contributed by atoms with van der Waals surface area (Å²) >= 11 is 0. The van der Waals surface area contributed by atoms with Crippen LogP contribution in [0.25, 0.3) is 5.65 Å². The smallest absolute Gasteiger partial charge is 0.367 e. The summed E-state index contributed by atoms with van der Waals surface area (Å²) in [6, 6.07) is 11.8. The predicted octanol–water partition coefficient (Wildman–Crippen LogP) is 4.56. The average Bonchev–Trinajstić information content (AvgIpc) is 3.40. The highest BCUT2D eigenvalue weighted by Gasteiger charge is 2.30. The molecule has 0 saturated heterocycles. The molecule has 0 fully saturated rings. The number of nitrogens with zero attached hydrogens (tertiary/aromatic N) is 4. The Morgan fingerprint density at radius 3 is 2.84 bits per heavy atom. The molecule has 0 radical (unpaired) electrons. The van der Waals surface area contributed by atoms with Crippen molar-refractivity contribution in [2.24, 2.45) is 0 Å². The third kappa shape index (κ3) is 3.89. The van der Waals surface area contributed by atoms with Crippen LogP contribution in [-0.4, -0.2) is 27.0 Å². The van der Waals surface area contributed by atoms with Crippen LogP contribution in [0.3, 0.4) is 0 Å². The maximum absolute atomic E-state index is 12.9. The van der Waals surface area contributed by atoms with Gasteiger partial charge >= 0.3 is 6.18 Å². The summed E-state index contributed by atoms with van der Waals surface area (Å²) < 4.78 is 40.5. The fraction of sp³-hybridized carbons (Fsp3) is 0.174. The number of hydrogen-bond acceptors (Lipinski definition) is 4. The second-order valence-corrected chi connectivity index (χ2v) is 7.64. The lowest BCUT2D eigenvalue weighted by Gasteiger charge is -2.20. The monoisotopic (exact) mass is 437 g/mol. The van der Waals surface area contributed by atoms with Gasteiger partial charge < -0.3 is 10.2 Å². The molecule has 2 aromatic heterocycles. The van der Waals surface area contributed by atoms with Crippen LogP contribution in [-0.2, 0) is 19.1 Å². The van der Waals surface area contributed by atoms with Crippen molar-refractivity contribution in [2.45, 2.75) is 19.1 Å². The van der Waals surface area contributed by atoms with E-state index in [0.717, 1.165) is 47.6 Å². The van der Waals surface area contributed by atoms with E-state index in [0.29, 0.717) is 12.1 Å². The first-order valence-corrected chi connectivity index (χ1v) is 10.0. The number of carbonyl (C=O) groups is 1. The van der Waals surface area contributed by atoms with Gasteiger partial charge in [0.05, 0.1) is 11.8 Å². The molecule has 5 rings (SSSR count). The summed E-state index contributed by atoms with van der Waals surface area (Å²) in [6.45, 7) is 1.40. The summed E-state index contributed by atoms with van der Waals surface area (Å²) in [7, 11) is 0. The Morgan fingerprint density at radius 1 is 1.12 bits per heavy atom. The number of amides is 1. The Bertz CT molecular complexity index is 1310. The molecule has 0 saturated carbocycles. The molecule has 9 heteroatoms. The molecular weight excluding hydrogens is 419 g/mol. The lowest BCUT2D eigenvalue weighted by molar-refractivity contribution is -0.137. The fourth-order valence-corrected chi connectivity index (χ4v) is 3.88. The summed E-state index contributed by atoms with van der Waals surface area (Å²) in [5, 5.41) is 6.77. The van der Waals surface area contributed by atoms with Crippen LogP contribution < -0.4 is 10.2 Å². The van der Waals surface area contributed by atoms with Gasteiger partial charge in [-0.25, -0.2) is 9.50 Å². The van der Waals surface area contributed by atoms with E-state index in [2.05, 4.69) is 20.3 Å². The third-order valence-electron chi connectivity index (χ3n) is 5.46.